The van der Waals surface area contributed by atoms with Crippen LogP contribution in [-0.2, 0) is 16.8 Å². The maximum Gasteiger partial charge on any atom is 0.102 e. The number of nitriles is 1. The van der Waals surface area contributed by atoms with Gasteiger partial charge in [0.1, 0.15) is 6.07 Å². The summed E-state index contributed by atoms with van der Waals surface area (Å²) in [5.74, 6) is 0.779. The highest BCUT2D eigenvalue weighted by atomic mass is 16.5. The Hall–Kier alpha value is -1.53. The van der Waals surface area contributed by atoms with E-state index in [1.807, 2.05) is 12.1 Å². The summed E-state index contributed by atoms with van der Waals surface area (Å²) < 4.78 is 5.82. The van der Waals surface area contributed by atoms with E-state index >= 15 is 0 Å². The first-order valence-electron chi connectivity index (χ1n) is 6.84. The van der Waals surface area contributed by atoms with Crippen molar-refractivity contribution in [2.75, 3.05) is 12.3 Å². The molecule has 1 aliphatic heterocycles. The third-order valence-electron chi connectivity index (χ3n) is 4.56. The molecule has 2 rings (SSSR count). The number of ether oxygens (including phenoxy) is 1. The van der Waals surface area contributed by atoms with E-state index in [-0.39, 0.29) is 5.41 Å². The van der Waals surface area contributed by atoms with Crippen molar-refractivity contribution in [3.63, 3.8) is 0 Å². The molecule has 3 nitrogen and oxygen atoms in total. The van der Waals surface area contributed by atoms with E-state index < -0.39 is 0 Å². The maximum atomic E-state index is 9.50. The van der Waals surface area contributed by atoms with E-state index in [0.29, 0.717) is 36.3 Å². The summed E-state index contributed by atoms with van der Waals surface area (Å²) in [4.78, 5) is 0. The number of hydrogen-bond donors (Lipinski definition) is 1. The lowest BCUT2D eigenvalue weighted by molar-refractivity contribution is 0.00822. The summed E-state index contributed by atoms with van der Waals surface area (Å²) in [6.07, 6.45) is 0. The molecule has 19 heavy (non-hydrogen) atoms. The van der Waals surface area contributed by atoms with Gasteiger partial charge >= 0.3 is 0 Å². The lowest BCUT2D eigenvalue weighted by Gasteiger charge is -2.46. The van der Waals surface area contributed by atoms with Gasteiger partial charge in [0.05, 0.1) is 18.8 Å². The molecule has 102 valence electrons. The molecule has 0 aliphatic carbocycles. The van der Waals surface area contributed by atoms with Crippen LogP contribution in [0, 0.1) is 23.2 Å². The van der Waals surface area contributed by atoms with Gasteiger partial charge in [-0.3, -0.25) is 0 Å². The van der Waals surface area contributed by atoms with Crippen LogP contribution >= 0.6 is 0 Å². The Labute approximate surface area is 115 Å². The predicted octanol–water partition coefficient (Wildman–Crippen LogP) is 3.22. The normalized spacial score (nSPS) is 17.3. The zero-order valence-electron chi connectivity index (χ0n) is 12.2. The Kier molecular flexibility index (Phi) is 3.56. The van der Waals surface area contributed by atoms with Crippen LogP contribution in [0.15, 0.2) is 12.1 Å². The Morgan fingerprint density at radius 3 is 2.42 bits per heavy atom. The topological polar surface area (TPSA) is 59.0 Å². The Morgan fingerprint density at radius 1 is 1.26 bits per heavy atom. The van der Waals surface area contributed by atoms with Crippen LogP contribution in [0.3, 0.4) is 0 Å². The summed E-state index contributed by atoms with van der Waals surface area (Å²) in [5, 5.41) is 9.50. The Morgan fingerprint density at radius 2 is 1.89 bits per heavy atom. The van der Waals surface area contributed by atoms with Gasteiger partial charge in [-0.2, -0.15) is 5.26 Å². The van der Waals surface area contributed by atoms with Crippen LogP contribution in [-0.4, -0.2) is 6.61 Å². The van der Waals surface area contributed by atoms with Gasteiger partial charge in [0.2, 0.25) is 0 Å². The molecule has 0 bridgehead atoms. The molecule has 0 radical (unpaired) electrons. The molecule has 1 aromatic rings. The van der Waals surface area contributed by atoms with Crippen molar-refractivity contribution < 1.29 is 4.74 Å². The molecular formula is C16H22N2O. The second-order valence-electron chi connectivity index (χ2n) is 6.02. The summed E-state index contributed by atoms with van der Waals surface area (Å²) in [6, 6.07) is 6.13. The number of hydrogen-bond acceptors (Lipinski definition) is 3. The van der Waals surface area contributed by atoms with E-state index in [0.717, 1.165) is 11.1 Å². The lowest BCUT2D eigenvalue weighted by Crippen LogP contribution is -2.46. The third-order valence-corrected chi connectivity index (χ3v) is 4.56. The molecule has 1 aliphatic rings. The van der Waals surface area contributed by atoms with Gasteiger partial charge in [-0.25, -0.2) is 0 Å². The molecule has 0 unspecified atom stereocenters. The molecule has 0 amide bonds. The zero-order chi connectivity index (χ0) is 14.2. The van der Waals surface area contributed by atoms with Gasteiger partial charge in [0.15, 0.2) is 0 Å². The first-order chi connectivity index (χ1) is 8.95. The van der Waals surface area contributed by atoms with Gasteiger partial charge in [-0.05, 0) is 29.0 Å². The van der Waals surface area contributed by atoms with Crippen molar-refractivity contribution >= 4 is 5.69 Å². The van der Waals surface area contributed by atoms with Gasteiger partial charge in [0, 0.05) is 11.1 Å². The molecule has 0 atom stereocenters. The first-order valence-corrected chi connectivity index (χ1v) is 6.84. The van der Waals surface area contributed by atoms with E-state index in [1.165, 1.54) is 0 Å². The average molecular weight is 258 g/mol. The fourth-order valence-electron chi connectivity index (χ4n) is 3.41. The van der Waals surface area contributed by atoms with E-state index in [4.69, 9.17) is 10.5 Å². The Balaban J connectivity index is 2.79. The van der Waals surface area contributed by atoms with Gasteiger partial charge in [0.25, 0.3) is 0 Å². The fraction of sp³-hybridized carbons (Fsp3) is 0.562. The molecule has 0 aromatic heterocycles. The number of nitrogens with two attached hydrogens (primary N) is 1. The van der Waals surface area contributed by atoms with Crippen LogP contribution in [0.25, 0.3) is 0 Å². The number of nitrogens with zero attached hydrogens (tertiary/aromatic N) is 1. The highest BCUT2D eigenvalue weighted by Gasteiger charge is 2.44. The maximum absolute atomic E-state index is 9.50. The second kappa shape index (κ2) is 4.86. The standard InChI is InChI=1S/C16H22N2O/c1-10(2)16(11(3)4)9-19-8-12-5-6-14(18)13(7-17)15(12)16/h5-6,10-11H,8-9,18H2,1-4H3. The highest BCUT2D eigenvalue weighted by molar-refractivity contribution is 5.63. The largest absolute Gasteiger partial charge is 0.398 e. The summed E-state index contributed by atoms with van der Waals surface area (Å²) in [5.41, 5.74) is 9.33. The van der Waals surface area contributed by atoms with Crippen molar-refractivity contribution in [1.82, 2.24) is 0 Å². The predicted molar refractivity (Wildman–Crippen MR) is 76.6 cm³/mol. The molecular weight excluding hydrogens is 236 g/mol. The van der Waals surface area contributed by atoms with Crippen molar-refractivity contribution in [3.8, 4) is 6.07 Å². The van der Waals surface area contributed by atoms with Crippen molar-refractivity contribution in [1.29, 1.82) is 5.26 Å². The molecule has 1 heterocycles. The van der Waals surface area contributed by atoms with Crippen molar-refractivity contribution in [2.45, 2.75) is 39.7 Å². The third kappa shape index (κ3) is 1.91. The molecule has 0 spiro atoms. The lowest BCUT2D eigenvalue weighted by atomic mass is 9.62. The van der Waals surface area contributed by atoms with Gasteiger partial charge in [-0.1, -0.05) is 33.8 Å². The minimum atomic E-state index is -0.131. The monoisotopic (exact) mass is 258 g/mol. The fourth-order valence-corrected chi connectivity index (χ4v) is 3.41. The molecule has 0 fully saturated rings. The van der Waals surface area contributed by atoms with Gasteiger partial charge < -0.3 is 10.5 Å². The summed E-state index contributed by atoms with van der Waals surface area (Å²) in [6.45, 7) is 10.0. The van der Waals surface area contributed by atoms with E-state index in [9.17, 15) is 5.26 Å². The average Bonchev–Trinajstić information content (AvgIpc) is 2.37. The number of anilines is 1. The first kappa shape index (κ1) is 13.9. The molecule has 0 saturated heterocycles. The summed E-state index contributed by atoms with van der Waals surface area (Å²) >= 11 is 0. The van der Waals surface area contributed by atoms with E-state index in [1.54, 1.807) is 0 Å². The smallest absolute Gasteiger partial charge is 0.102 e. The quantitative estimate of drug-likeness (QED) is 0.828. The zero-order valence-corrected chi connectivity index (χ0v) is 12.2. The minimum Gasteiger partial charge on any atom is -0.398 e. The SMILES string of the molecule is CC(C)C1(C(C)C)COCc2ccc(N)c(C#N)c21. The van der Waals surface area contributed by atoms with Crippen LogP contribution in [0.4, 0.5) is 5.69 Å². The molecule has 1 aromatic carbocycles. The van der Waals surface area contributed by atoms with Crippen LogP contribution in [0.2, 0.25) is 0 Å². The molecule has 3 heteroatoms. The molecule has 2 N–H and O–H groups in total. The number of nitrogen functional groups attached to an aromatic ring is 1. The highest BCUT2D eigenvalue weighted by Crippen LogP contribution is 2.46. The van der Waals surface area contributed by atoms with Crippen LogP contribution in [0.1, 0.15) is 44.4 Å². The van der Waals surface area contributed by atoms with Crippen LogP contribution < -0.4 is 5.73 Å². The van der Waals surface area contributed by atoms with E-state index in [2.05, 4.69) is 33.8 Å². The van der Waals surface area contributed by atoms with Crippen molar-refractivity contribution in [3.05, 3.63) is 28.8 Å². The van der Waals surface area contributed by atoms with Crippen LogP contribution in [0.5, 0.6) is 0 Å². The minimum absolute atomic E-state index is 0.131. The Bertz CT molecular complexity index is 518. The molecule has 0 saturated carbocycles. The summed E-state index contributed by atoms with van der Waals surface area (Å²) in [7, 11) is 0. The number of rotatable bonds is 2. The second-order valence-corrected chi connectivity index (χ2v) is 6.02. The number of fused-ring (bicyclic) bond motifs is 1. The van der Waals surface area contributed by atoms with Gasteiger partial charge in [-0.15, -0.1) is 0 Å². The van der Waals surface area contributed by atoms with Crippen molar-refractivity contribution in [2.24, 2.45) is 11.8 Å². The number of benzene rings is 1.